The van der Waals surface area contributed by atoms with Gasteiger partial charge in [-0.3, -0.25) is 9.59 Å². The van der Waals surface area contributed by atoms with Crippen molar-refractivity contribution in [3.8, 4) is 0 Å². The van der Waals surface area contributed by atoms with Crippen LogP contribution in [0.5, 0.6) is 0 Å². The van der Waals surface area contributed by atoms with E-state index < -0.39 is 0 Å². The minimum atomic E-state index is -0.0387. The van der Waals surface area contributed by atoms with Crippen LogP contribution in [0.4, 0.5) is 0 Å². The molecular formula is C20H28O2. The van der Waals surface area contributed by atoms with Gasteiger partial charge in [-0.1, -0.05) is 26.3 Å². The minimum absolute atomic E-state index is 0.0387. The van der Waals surface area contributed by atoms with Gasteiger partial charge in [0.15, 0.2) is 5.78 Å². The van der Waals surface area contributed by atoms with E-state index in [0.29, 0.717) is 35.2 Å². The van der Waals surface area contributed by atoms with Crippen LogP contribution in [0, 0.1) is 34.5 Å². The van der Waals surface area contributed by atoms with Gasteiger partial charge in [-0.15, -0.1) is 0 Å². The Kier molecular flexibility index (Phi) is 3.03. The number of hydrogen-bond donors (Lipinski definition) is 0. The van der Waals surface area contributed by atoms with Crippen LogP contribution in [0.25, 0.3) is 0 Å². The molecule has 3 fully saturated rings. The highest BCUT2D eigenvalue weighted by Crippen LogP contribution is 2.65. The smallest absolute Gasteiger partial charge is 0.155 e. The molecule has 0 spiro atoms. The fraction of sp³-hybridized carbons (Fsp3) is 0.800. The van der Waals surface area contributed by atoms with E-state index >= 15 is 0 Å². The van der Waals surface area contributed by atoms with Crippen LogP contribution in [0.2, 0.25) is 0 Å². The first-order chi connectivity index (χ1) is 10.4. The number of Topliss-reactive ketones (excluding diaryl/α,β-unsaturated/α-hetero) is 1. The van der Waals surface area contributed by atoms with Crippen molar-refractivity contribution in [2.45, 2.75) is 65.7 Å². The second kappa shape index (κ2) is 4.55. The molecule has 0 amide bonds. The molecule has 6 atom stereocenters. The molecule has 4 aliphatic rings. The number of ketones is 2. The molecule has 4 rings (SSSR count). The molecule has 0 radical (unpaired) electrons. The van der Waals surface area contributed by atoms with E-state index in [-0.39, 0.29) is 10.8 Å². The van der Waals surface area contributed by atoms with E-state index in [1.165, 1.54) is 18.4 Å². The van der Waals surface area contributed by atoms with Crippen LogP contribution in [-0.4, -0.2) is 11.6 Å². The molecule has 2 heteroatoms. The zero-order chi connectivity index (χ0) is 15.7. The molecule has 0 aromatic rings. The van der Waals surface area contributed by atoms with E-state index in [9.17, 15) is 9.59 Å². The third-order valence-electron chi connectivity index (χ3n) is 7.99. The summed E-state index contributed by atoms with van der Waals surface area (Å²) in [7, 11) is 0. The van der Waals surface area contributed by atoms with Gasteiger partial charge < -0.3 is 0 Å². The highest BCUT2D eigenvalue weighted by Gasteiger charge is 2.59. The quantitative estimate of drug-likeness (QED) is 0.667. The maximum absolute atomic E-state index is 12.4. The number of carbonyl (C=O) groups is 2. The molecule has 5 unspecified atom stereocenters. The van der Waals surface area contributed by atoms with E-state index in [2.05, 4.69) is 20.8 Å². The van der Waals surface area contributed by atoms with Crippen LogP contribution in [0.1, 0.15) is 65.7 Å². The first-order valence-electron chi connectivity index (χ1n) is 9.14. The van der Waals surface area contributed by atoms with Gasteiger partial charge in [0.05, 0.1) is 0 Å². The predicted molar refractivity (Wildman–Crippen MR) is 86.3 cm³/mol. The van der Waals surface area contributed by atoms with Gasteiger partial charge in [0.2, 0.25) is 0 Å². The normalized spacial score (nSPS) is 51.0. The van der Waals surface area contributed by atoms with Gasteiger partial charge in [-0.05, 0) is 67.3 Å². The maximum atomic E-state index is 12.4. The Morgan fingerprint density at radius 2 is 1.73 bits per heavy atom. The zero-order valence-electron chi connectivity index (χ0n) is 14.2. The number of rotatable bonds is 0. The van der Waals surface area contributed by atoms with Crippen molar-refractivity contribution in [3.05, 3.63) is 11.6 Å². The molecule has 120 valence electrons. The van der Waals surface area contributed by atoms with Crippen LogP contribution in [0.15, 0.2) is 11.6 Å². The largest absolute Gasteiger partial charge is 0.299 e. The predicted octanol–water partition coefficient (Wildman–Crippen LogP) is 4.33. The number of allylic oxidation sites excluding steroid dienone is 1. The Hall–Kier alpha value is -0.920. The van der Waals surface area contributed by atoms with Crippen molar-refractivity contribution in [1.29, 1.82) is 0 Å². The Labute approximate surface area is 133 Å². The highest BCUT2D eigenvalue weighted by molar-refractivity contribution is 5.92. The average Bonchev–Trinajstić information content (AvgIpc) is 2.77. The summed E-state index contributed by atoms with van der Waals surface area (Å²) in [6.07, 6.45) is 9.08. The van der Waals surface area contributed by atoms with Gasteiger partial charge in [0.1, 0.15) is 5.78 Å². The van der Waals surface area contributed by atoms with Gasteiger partial charge in [-0.25, -0.2) is 0 Å². The summed E-state index contributed by atoms with van der Waals surface area (Å²) >= 11 is 0. The Bertz CT molecular complexity index is 574. The van der Waals surface area contributed by atoms with Crippen LogP contribution in [0.3, 0.4) is 0 Å². The molecular weight excluding hydrogens is 272 g/mol. The number of fused-ring (bicyclic) bond motifs is 5. The molecule has 0 saturated heterocycles. The van der Waals surface area contributed by atoms with Crippen LogP contribution in [-0.2, 0) is 9.59 Å². The summed E-state index contributed by atoms with van der Waals surface area (Å²) < 4.78 is 0. The minimum Gasteiger partial charge on any atom is -0.299 e. The van der Waals surface area contributed by atoms with Crippen molar-refractivity contribution >= 4 is 11.6 Å². The molecule has 0 N–H and O–H groups in total. The van der Waals surface area contributed by atoms with Gasteiger partial charge >= 0.3 is 0 Å². The van der Waals surface area contributed by atoms with Crippen LogP contribution >= 0.6 is 0 Å². The third kappa shape index (κ3) is 1.73. The summed E-state index contributed by atoms with van der Waals surface area (Å²) in [5, 5.41) is 0. The van der Waals surface area contributed by atoms with E-state index in [0.717, 1.165) is 32.1 Å². The lowest BCUT2D eigenvalue weighted by molar-refractivity contribution is -0.133. The lowest BCUT2D eigenvalue weighted by Crippen LogP contribution is -2.52. The SMILES string of the molecule is C[C@@H]1CC2C3CCC(=O)C3(C)CCC2C2(C)CCC(=O)C=C12. The molecule has 22 heavy (non-hydrogen) atoms. The average molecular weight is 300 g/mol. The standard InChI is InChI=1S/C20H28O2/c1-12-10-14-15-4-5-18(22)20(15,3)9-7-16(14)19(2)8-6-13(21)11-17(12)19/h11-12,14-16H,4-10H2,1-3H3/t12-,14?,15?,16?,19?,20?/m1/s1. The van der Waals surface area contributed by atoms with Crippen molar-refractivity contribution in [2.75, 3.05) is 0 Å². The number of hydrogen-bond acceptors (Lipinski definition) is 2. The van der Waals surface area contributed by atoms with E-state index in [1.807, 2.05) is 6.08 Å². The molecule has 3 saturated carbocycles. The fourth-order valence-electron chi connectivity index (χ4n) is 6.76. The number of carbonyl (C=O) groups excluding carboxylic acids is 2. The molecule has 0 heterocycles. The van der Waals surface area contributed by atoms with Crippen LogP contribution < -0.4 is 0 Å². The molecule has 0 aromatic heterocycles. The summed E-state index contributed by atoms with van der Waals surface area (Å²) in [5.41, 5.74) is 1.60. The Balaban J connectivity index is 1.74. The Morgan fingerprint density at radius 1 is 1.00 bits per heavy atom. The third-order valence-corrected chi connectivity index (χ3v) is 7.99. The zero-order valence-corrected chi connectivity index (χ0v) is 14.2. The fourth-order valence-corrected chi connectivity index (χ4v) is 6.76. The molecule has 0 aromatic carbocycles. The summed E-state index contributed by atoms with van der Waals surface area (Å²) in [6.45, 7) is 6.96. The molecule has 0 aliphatic heterocycles. The van der Waals surface area contributed by atoms with E-state index in [1.54, 1.807) is 0 Å². The summed E-state index contributed by atoms with van der Waals surface area (Å²) in [5.74, 6) is 3.33. The maximum Gasteiger partial charge on any atom is 0.155 e. The Morgan fingerprint density at radius 3 is 2.50 bits per heavy atom. The van der Waals surface area contributed by atoms with Crippen molar-refractivity contribution < 1.29 is 9.59 Å². The summed E-state index contributed by atoms with van der Waals surface area (Å²) in [6, 6.07) is 0. The molecule has 0 bridgehead atoms. The van der Waals surface area contributed by atoms with Crippen molar-refractivity contribution in [2.24, 2.45) is 34.5 Å². The van der Waals surface area contributed by atoms with Crippen molar-refractivity contribution in [3.63, 3.8) is 0 Å². The van der Waals surface area contributed by atoms with Crippen molar-refractivity contribution in [1.82, 2.24) is 0 Å². The summed E-state index contributed by atoms with van der Waals surface area (Å²) in [4.78, 5) is 24.4. The lowest BCUT2D eigenvalue weighted by atomic mass is 9.46. The van der Waals surface area contributed by atoms with Gasteiger partial charge in [0.25, 0.3) is 0 Å². The van der Waals surface area contributed by atoms with Gasteiger partial charge in [-0.2, -0.15) is 0 Å². The first-order valence-corrected chi connectivity index (χ1v) is 9.14. The monoisotopic (exact) mass is 300 g/mol. The topological polar surface area (TPSA) is 34.1 Å². The second-order valence-corrected chi connectivity index (χ2v) is 8.92. The first kappa shape index (κ1) is 14.7. The highest BCUT2D eigenvalue weighted by atomic mass is 16.1. The van der Waals surface area contributed by atoms with E-state index in [4.69, 9.17) is 0 Å². The molecule has 2 nitrogen and oxygen atoms in total. The van der Waals surface area contributed by atoms with Gasteiger partial charge in [0, 0.05) is 18.3 Å². The second-order valence-electron chi connectivity index (χ2n) is 8.92. The lowest BCUT2D eigenvalue weighted by Gasteiger charge is -2.58. The molecule has 4 aliphatic carbocycles.